The smallest absolute Gasteiger partial charge is 0.127 e. The highest BCUT2D eigenvalue weighted by Crippen LogP contribution is 2.74. The van der Waals surface area contributed by atoms with Gasteiger partial charge in [0.2, 0.25) is 0 Å². The second kappa shape index (κ2) is 3.69. The van der Waals surface area contributed by atoms with Crippen molar-refractivity contribution in [3.05, 3.63) is 34.6 Å². The van der Waals surface area contributed by atoms with Crippen LogP contribution in [0, 0.1) is 16.6 Å². The fourth-order valence-corrected chi connectivity index (χ4v) is 4.29. The quantitative estimate of drug-likeness (QED) is 0.867. The molecule has 4 rings (SSSR count). The molecule has 1 nitrogen and oxygen atoms in total. The minimum Gasteiger partial charge on any atom is -0.319 e. The summed E-state index contributed by atoms with van der Waals surface area (Å²) < 4.78 is 13.7. The van der Waals surface area contributed by atoms with Gasteiger partial charge in [-0.25, -0.2) is 4.39 Å². The first-order chi connectivity index (χ1) is 8.08. The van der Waals surface area contributed by atoms with E-state index in [2.05, 4.69) is 5.32 Å². The van der Waals surface area contributed by atoms with Gasteiger partial charge in [0.1, 0.15) is 5.82 Å². The Kier molecular flexibility index (Phi) is 2.50. The zero-order chi connectivity index (χ0) is 12.1. The van der Waals surface area contributed by atoms with Gasteiger partial charge in [-0.2, -0.15) is 0 Å². The molecule has 1 aromatic rings. The van der Waals surface area contributed by atoms with E-state index >= 15 is 0 Å². The molecule has 0 aliphatic heterocycles. The largest absolute Gasteiger partial charge is 0.319 e. The highest BCUT2D eigenvalue weighted by Gasteiger charge is 2.66. The summed E-state index contributed by atoms with van der Waals surface area (Å²) in [5, 5.41) is 3.83. The fourth-order valence-electron chi connectivity index (χ4n) is 4.06. The van der Waals surface area contributed by atoms with E-state index < -0.39 is 0 Å². The fraction of sp³-hybridized carbons (Fsp3) is 0.571. The summed E-state index contributed by atoms with van der Waals surface area (Å²) in [6.07, 6.45) is 4.49. The van der Waals surface area contributed by atoms with E-state index in [0.717, 1.165) is 13.0 Å². The molecule has 92 valence electrons. The van der Waals surface area contributed by atoms with Crippen LogP contribution in [0.4, 0.5) is 4.39 Å². The first-order valence-electron chi connectivity index (χ1n) is 6.16. The van der Waals surface area contributed by atoms with Gasteiger partial charge in [0.15, 0.2) is 0 Å². The summed E-state index contributed by atoms with van der Waals surface area (Å²) in [6, 6.07) is 4.97. The summed E-state index contributed by atoms with van der Waals surface area (Å²) >= 11 is 6.08. The van der Waals surface area contributed by atoms with Crippen molar-refractivity contribution in [2.24, 2.45) is 10.8 Å². The van der Waals surface area contributed by atoms with Crippen LogP contribution in [0.15, 0.2) is 18.2 Å². The maximum absolute atomic E-state index is 13.7. The minimum absolute atomic E-state index is 0.148. The third-order valence-electron chi connectivity index (χ3n) is 4.42. The molecule has 0 saturated heterocycles. The topological polar surface area (TPSA) is 12.0 Å². The molecule has 0 heterocycles. The molecule has 0 radical (unpaired) electrons. The molecular formula is C14H17ClFN. The van der Waals surface area contributed by atoms with Crippen molar-refractivity contribution in [1.82, 2.24) is 5.32 Å². The Labute approximate surface area is 106 Å². The predicted molar refractivity (Wildman–Crippen MR) is 67.8 cm³/mol. The molecule has 0 aromatic heterocycles. The molecule has 3 saturated carbocycles. The monoisotopic (exact) mass is 253 g/mol. The Bertz CT molecular complexity index is 418. The summed E-state index contributed by atoms with van der Waals surface area (Å²) in [6.45, 7) is 1.10. The van der Waals surface area contributed by atoms with Crippen molar-refractivity contribution >= 4 is 11.6 Å². The highest BCUT2D eigenvalue weighted by molar-refractivity contribution is 6.31. The molecule has 1 aromatic carbocycles. The van der Waals surface area contributed by atoms with Crippen molar-refractivity contribution < 1.29 is 4.39 Å². The zero-order valence-electron chi connectivity index (χ0n) is 10.0. The van der Waals surface area contributed by atoms with Gasteiger partial charge >= 0.3 is 0 Å². The first kappa shape index (κ1) is 11.5. The lowest BCUT2D eigenvalue weighted by molar-refractivity contribution is -0.198. The van der Waals surface area contributed by atoms with E-state index in [9.17, 15) is 4.39 Å². The van der Waals surface area contributed by atoms with Gasteiger partial charge < -0.3 is 5.32 Å². The second-order valence-corrected chi connectivity index (χ2v) is 6.34. The van der Waals surface area contributed by atoms with Crippen molar-refractivity contribution in [3.8, 4) is 0 Å². The lowest BCUT2D eigenvalue weighted by Crippen LogP contribution is -2.65. The maximum Gasteiger partial charge on any atom is 0.127 e. The Balaban J connectivity index is 1.71. The SMILES string of the molecule is CNCC12CC(Cc3c(F)cccc3Cl)(C1)C2. The van der Waals surface area contributed by atoms with Gasteiger partial charge in [0.25, 0.3) is 0 Å². The summed E-state index contributed by atoms with van der Waals surface area (Å²) in [5.41, 5.74) is 1.58. The number of halogens is 2. The van der Waals surface area contributed by atoms with Gasteiger partial charge in [-0.1, -0.05) is 17.7 Å². The van der Waals surface area contributed by atoms with Crippen molar-refractivity contribution in [2.75, 3.05) is 13.6 Å². The molecule has 2 bridgehead atoms. The molecule has 1 N–H and O–H groups in total. The van der Waals surface area contributed by atoms with Crippen LogP contribution in [0.2, 0.25) is 5.02 Å². The van der Waals surface area contributed by atoms with Gasteiger partial charge in [-0.3, -0.25) is 0 Å². The second-order valence-electron chi connectivity index (χ2n) is 5.94. The summed E-state index contributed by atoms with van der Waals surface area (Å²) in [7, 11) is 2.00. The molecule has 17 heavy (non-hydrogen) atoms. The van der Waals surface area contributed by atoms with Gasteiger partial charge in [-0.05, 0) is 55.7 Å². The van der Waals surface area contributed by atoms with Crippen LogP contribution in [0.3, 0.4) is 0 Å². The summed E-state index contributed by atoms with van der Waals surface area (Å²) in [5.74, 6) is -0.148. The average Bonchev–Trinajstić information content (AvgIpc) is 2.17. The van der Waals surface area contributed by atoms with Gasteiger partial charge in [0.05, 0.1) is 0 Å². The number of rotatable bonds is 4. The molecule has 0 spiro atoms. The van der Waals surface area contributed by atoms with Gasteiger partial charge in [0, 0.05) is 17.1 Å². The van der Waals surface area contributed by atoms with Crippen molar-refractivity contribution in [3.63, 3.8) is 0 Å². The Morgan fingerprint density at radius 3 is 2.59 bits per heavy atom. The van der Waals surface area contributed by atoms with E-state index in [1.165, 1.54) is 25.3 Å². The van der Waals surface area contributed by atoms with E-state index in [1.54, 1.807) is 12.1 Å². The van der Waals surface area contributed by atoms with Crippen LogP contribution in [0.5, 0.6) is 0 Å². The normalized spacial score (nSPS) is 34.1. The molecule has 3 aliphatic carbocycles. The molecule has 0 atom stereocenters. The number of nitrogens with one attached hydrogen (secondary N) is 1. The standard InChI is InChI=1S/C14H17ClFN/c1-17-9-14-6-13(7-14,8-14)5-10-11(15)3-2-4-12(10)16/h2-4,17H,5-9H2,1H3. The average molecular weight is 254 g/mol. The molecular weight excluding hydrogens is 237 g/mol. The molecule has 3 heteroatoms. The van der Waals surface area contributed by atoms with Crippen LogP contribution >= 0.6 is 11.6 Å². The van der Waals surface area contributed by atoms with Crippen molar-refractivity contribution in [1.29, 1.82) is 0 Å². The molecule has 3 fully saturated rings. The Morgan fingerprint density at radius 1 is 1.29 bits per heavy atom. The van der Waals surface area contributed by atoms with E-state index in [1.807, 2.05) is 7.05 Å². The lowest BCUT2D eigenvalue weighted by atomic mass is 9.34. The van der Waals surface area contributed by atoms with Crippen LogP contribution < -0.4 is 5.32 Å². The van der Waals surface area contributed by atoms with Crippen LogP contribution in [0.1, 0.15) is 24.8 Å². The number of hydrogen-bond acceptors (Lipinski definition) is 1. The predicted octanol–water partition coefficient (Wildman–Crippen LogP) is 3.41. The number of benzene rings is 1. The minimum atomic E-state index is -0.148. The summed E-state index contributed by atoms with van der Waals surface area (Å²) in [4.78, 5) is 0. The molecule has 0 amide bonds. The lowest BCUT2D eigenvalue weighted by Gasteiger charge is -2.71. The van der Waals surface area contributed by atoms with Crippen LogP contribution in [-0.2, 0) is 6.42 Å². The third kappa shape index (κ3) is 1.69. The van der Waals surface area contributed by atoms with E-state index in [4.69, 9.17) is 11.6 Å². The van der Waals surface area contributed by atoms with Crippen LogP contribution in [-0.4, -0.2) is 13.6 Å². The Hall–Kier alpha value is -0.600. The maximum atomic E-state index is 13.7. The number of hydrogen-bond donors (Lipinski definition) is 1. The van der Waals surface area contributed by atoms with E-state index in [-0.39, 0.29) is 5.82 Å². The zero-order valence-corrected chi connectivity index (χ0v) is 10.8. The van der Waals surface area contributed by atoms with Crippen LogP contribution in [0.25, 0.3) is 0 Å². The molecule has 0 unspecified atom stereocenters. The van der Waals surface area contributed by atoms with Crippen molar-refractivity contribution in [2.45, 2.75) is 25.7 Å². The third-order valence-corrected chi connectivity index (χ3v) is 4.77. The molecule has 3 aliphatic rings. The van der Waals surface area contributed by atoms with E-state index in [0.29, 0.717) is 21.4 Å². The first-order valence-corrected chi connectivity index (χ1v) is 6.54. The Morgan fingerprint density at radius 2 is 2.00 bits per heavy atom. The van der Waals surface area contributed by atoms with Gasteiger partial charge in [-0.15, -0.1) is 0 Å². The highest BCUT2D eigenvalue weighted by atomic mass is 35.5.